The molecule has 0 saturated carbocycles. The van der Waals surface area contributed by atoms with Gasteiger partial charge >= 0.3 is 5.97 Å². The van der Waals surface area contributed by atoms with Gasteiger partial charge in [0.15, 0.2) is 0 Å². The van der Waals surface area contributed by atoms with Gasteiger partial charge in [-0.3, -0.25) is 9.59 Å². The maximum Gasteiger partial charge on any atom is 0.325 e. The molecule has 4 heteroatoms. The molecule has 20 heavy (non-hydrogen) atoms. The van der Waals surface area contributed by atoms with Crippen molar-refractivity contribution >= 4 is 11.9 Å². The van der Waals surface area contributed by atoms with Crippen molar-refractivity contribution < 1.29 is 14.3 Å². The number of unbranched alkanes of at least 4 members (excludes halogenated alkanes) is 7. The van der Waals surface area contributed by atoms with Crippen molar-refractivity contribution in [3.63, 3.8) is 0 Å². The van der Waals surface area contributed by atoms with Crippen molar-refractivity contribution in [2.45, 2.75) is 58.3 Å². The van der Waals surface area contributed by atoms with Crippen LogP contribution in [-0.2, 0) is 14.3 Å². The van der Waals surface area contributed by atoms with Crippen LogP contribution in [0.3, 0.4) is 0 Å². The van der Waals surface area contributed by atoms with Crippen LogP contribution in [0.5, 0.6) is 0 Å². The summed E-state index contributed by atoms with van der Waals surface area (Å²) in [6.07, 6.45) is 10.9. The maximum atomic E-state index is 11.4. The predicted molar refractivity (Wildman–Crippen MR) is 81.4 cm³/mol. The summed E-state index contributed by atoms with van der Waals surface area (Å²) in [5, 5.41) is 0. The van der Waals surface area contributed by atoms with Crippen molar-refractivity contribution in [1.29, 1.82) is 0 Å². The molecule has 0 aromatic rings. The van der Waals surface area contributed by atoms with E-state index in [9.17, 15) is 9.59 Å². The molecule has 4 nitrogen and oxygen atoms in total. The number of amides is 1. The van der Waals surface area contributed by atoms with Crippen LogP contribution in [-0.4, -0.2) is 37.0 Å². The van der Waals surface area contributed by atoms with E-state index in [1.165, 1.54) is 49.5 Å². The van der Waals surface area contributed by atoms with Crippen LogP contribution >= 0.6 is 0 Å². The Labute approximate surface area is 123 Å². The first-order valence-electron chi connectivity index (χ1n) is 7.65. The second-order valence-electron chi connectivity index (χ2n) is 5.09. The zero-order valence-corrected chi connectivity index (χ0v) is 13.0. The lowest BCUT2D eigenvalue weighted by molar-refractivity contribution is -0.147. The van der Waals surface area contributed by atoms with Gasteiger partial charge in [-0.15, -0.1) is 0 Å². The summed E-state index contributed by atoms with van der Waals surface area (Å²) in [7, 11) is 1.56. The number of ether oxygens (including phenoxy) is 1. The molecule has 0 radical (unpaired) electrons. The lowest BCUT2D eigenvalue weighted by Crippen LogP contribution is -2.31. The van der Waals surface area contributed by atoms with E-state index in [1.807, 2.05) is 0 Å². The lowest BCUT2D eigenvalue weighted by Gasteiger charge is -2.13. The Morgan fingerprint density at radius 2 is 1.60 bits per heavy atom. The van der Waals surface area contributed by atoms with E-state index in [-0.39, 0.29) is 18.4 Å². The van der Waals surface area contributed by atoms with Crippen molar-refractivity contribution in [2.24, 2.45) is 0 Å². The molecule has 0 aliphatic carbocycles. The lowest BCUT2D eigenvalue weighted by atomic mass is 10.1. The third kappa shape index (κ3) is 10.6. The van der Waals surface area contributed by atoms with Crippen molar-refractivity contribution in [2.75, 3.05) is 20.2 Å². The van der Waals surface area contributed by atoms with Crippen LogP contribution in [0.1, 0.15) is 58.3 Å². The van der Waals surface area contributed by atoms with Crippen LogP contribution in [0.25, 0.3) is 0 Å². The molecule has 0 bridgehead atoms. The van der Waals surface area contributed by atoms with Crippen molar-refractivity contribution in [3.8, 4) is 0 Å². The number of hydrogen-bond acceptors (Lipinski definition) is 3. The Kier molecular flexibility index (Phi) is 11.9. The van der Waals surface area contributed by atoms with Gasteiger partial charge in [-0.1, -0.05) is 58.4 Å². The Morgan fingerprint density at radius 1 is 1.05 bits per heavy atom. The quantitative estimate of drug-likeness (QED) is 0.313. The SMILES string of the molecule is C=CC(=O)N(C)CC(=O)OCCCCCCCCCC. The van der Waals surface area contributed by atoms with Gasteiger partial charge in [-0.2, -0.15) is 0 Å². The fourth-order valence-corrected chi connectivity index (χ4v) is 1.89. The Bertz CT molecular complexity index is 289. The molecule has 0 spiro atoms. The highest BCUT2D eigenvalue weighted by molar-refractivity contribution is 5.89. The minimum atomic E-state index is -0.356. The topological polar surface area (TPSA) is 46.6 Å². The third-order valence-corrected chi connectivity index (χ3v) is 3.18. The molecule has 0 aliphatic rings. The zero-order valence-electron chi connectivity index (χ0n) is 13.0. The van der Waals surface area contributed by atoms with Gasteiger partial charge < -0.3 is 9.64 Å². The molecule has 1 amide bonds. The van der Waals surface area contributed by atoms with E-state index >= 15 is 0 Å². The van der Waals surface area contributed by atoms with Gasteiger partial charge in [-0.05, 0) is 12.5 Å². The van der Waals surface area contributed by atoms with Gasteiger partial charge in [-0.25, -0.2) is 0 Å². The molecule has 0 heterocycles. The van der Waals surface area contributed by atoms with E-state index in [4.69, 9.17) is 4.74 Å². The summed E-state index contributed by atoms with van der Waals surface area (Å²) in [6, 6.07) is 0. The Hall–Kier alpha value is -1.32. The normalized spacial score (nSPS) is 10.1. The molecule has 0 N–H and O–H groups in total. The smallest absolute Gasteiger partial charge is 0.325 e. The molecular weight excluding hydrogens is 254 g/mol. The monoisotopic (exact) mass is 283 g/mol. The van der Waals surface area contributed by atoms with Crippen molar-refractivity contribution in [3.05, 3.63) is 12.7 Å². The Morgan fingerprint density at radius 3 is 2.15 bits per heavy atom. The molecule has 0 saturated heterocycles. The minimum Gasteiger partial charge on any atom is -0.464 e. The first-order chi connectivity index (χ1) is 9.61. The summed E-state index contributed by atoms with van der Waals surface area (Å²) in [4.78, 5) is 23.9. The largest absolute Gasteiger partial charge is 0.464 e. The molecule has 0 aromatic carbocycles. The molecule has 0 atom stereocenters. The molecule has 0 aliphatic heterocycles. The second kappa shape index (κ2) is 12.7. The predicted octanol–water partition coefficient (Wildman–Crippen LogP) is 3.31. The van der Waals surface area contributed by atoms with Gasteiger partial charge in [0.1, 0.15) is 6.54 Å². The third-order valence-electron chi connectivity index (χ3n) is 3.18. The van der Waals surface area contributed by atoms with Crippen LogP contribution in [0.15, 0.2) is 12.7 Å². The molecule has 116 valence electrons. The van der Waals surface area contributed by atoms with E-state index in [0.717, 1.165) is 12.8 Å². The standard InChI is InChI=1S/C16H29NO3/c1-4-6-7-8-9-10-11-12-13-20-16(19)14-17(3)15(18)5-2/h5H,2,4,6-14H2,1,3H3. The average molecular weight is 283 g/mol. The van der Waals surface area contributed by atoms with Gasteiger partial charge in [0.25, 0.3) is 0 Å². The molecular formula is C16H29NO3. The fourth-order valence-electron chi connectivity index (χ4n) is 1.89. The number of likely N-dealkylation sites (N-methyl/N-ethyl adjacent to an activating group) is 1. The molecule has 0 fully saturated rings. The molecule has 0 unspecified atom stereocenters. The van der Waals surface area contributed by atoms with Gasteiger partial charge in [0.05, 0.1) is 6.61 Å². The van der Waals surface area contributed by atoms with Crippen molar-refractivity contribution in [1.82, 2.24) is 4.90 Å². The van der Waals surface area contributed by atoms with Gasteiger partial charge in [0.2, 0.25) is 5.91 Å². The number of carbonyl (C=O) groups is 2. The minimum absolute atomic E-state index is 0.0120. The van der Waals surface area contributed by atoms with Crippen LogP contribution in [0.2, 0.25) is 0 Å². The van der Waals surface area contributed by atoms with E-state index in [2.05, 4.69) is 13.5 Å². The van der Waals surface area contributed by atoms with Crippen LogP contribution < -0.4 is 0 Å². The Balaban J connectivity index is 3.40. The molecule has 0 rings (SSSR count). The highest BCUT2D eigenvalue weighted by atomic mass is 16.5. The number of hydrogen-bond donors (Lipinski definition) is 0. The second-order valence-corrected chi connectivity index (χ2v) is 5.09. The highest BCUT2D eigenvalue weighted by Crippen LogP contribution is 2.08. The number of rotatable bonds is 12. The van der Waals surface area contributed by atoms with Crippen LogP contribution in [0, 0.1) is 0 Å². The number of nitrogens with zero attached hydrogens (tertiary/aromatic N) is 1. The summed E-state index contributed by atoms with van der Waals surface area (Å²) in [6.45, 7) is 6.02. The number of carbonyl (C=O) groups excluding carboxylic acids is 2. The first-order valence-corrected chi connectivity index (χ1v) is 7.65. The highest BCUT2D eigenvalue weighted by Gasteiger charge is 2.10. The zero-order chi connectivity index (χ0) is 15.2. The van der Waals surface area contributed by atoms with Gasteiger partial charge in [0, 0.05) is 7.05 Å². The van der Waals surface area contributed by atoms with Crippen LogP contribution in [0.4, 0.5) is 0 Å². The van der Waals surface area contributed by atoms with E-state index in [0.29, 0.717) is 6.61 Å². The van der Waals surface area contributed by atoms with E-state index < -0.39 is 0 Å². The summed E-state index contributed by atoms with van der Waals surface area (Å²) in [5.41, 5.74) is 0. The van der Waals surface area contributed by atoms with E-state index in [1.54, 1.807) is 7.05 Å². The first kappa shape index (κ1) is 18.7. The molecule has 0 aromatic heterocycles. The fraction of sp³-hybridized carbons (Fsp3) is 0.750. The summed E-state index contributed by atoms with van der Waals surface area (Å²) >= 11 is 0. The summed E-state index contributed by atoms with van der Waals surface area (Å²) < 4.78 is 5.09. The summed E-state index contributed by atoms with van der Waals surface area (Å²) in [5.74, 6) is -0.625. The average Bonchev–Trinajstić information content (AvgIpc) is 2.44. The number of esters is 1. The maximum absolute atomic E-state index is 11.4.